The van der Waals surface area contributed by atoms with E-state index in [9.17, 15) is 22.8 Å². The first kappa shape index (κ1) is 25.2. The maximum atomic E-state index is 13.4. The van der Waals surface area contributed by atoms with Gasteiger partial charge in [0.25, 0.3) is 0 Å². The molecule has 0 spiro atoms. The van der Waals surface area contributed by atoms with Crippen LogP contribution in [0.15, 0.2) is 41.3 Å². The first-order valence-corrected chi connectivity index (χ1v) is 11.6. The number of rotatable bonds is 8. The SMILES string of the molecule is COC(=O)C(C(=O)OC)[C@H]1c2cc(OC)c(OC)cc2C(=O)[C@@H]1NS(=O)(=O)c1ccc(C)cc1. The summed E-state index contributed by atoms with van der Waals surface area (Å²) in [7, 11) is 0.708. The third-order valence-corrected chi connectivity index (χ3v) is 7.16. The third kappa shape index (κ3) is 4.48. The van der Waals surface area contributed by atoms with Gasteiger partial charge in [0.05, 0.1) is 39.4 Å². The van der Waals surface area contributed by atoms with Crippen molar-refractivity contribution in [2.75, 3.05) is 28.4 Å². The summed E-state index contributed by atoms with van der Waals surface area (Å²) in [6.45, 7) is 1.80. The average Bonchev–Trinajstić information content (AvgIpc) is 3.08. The van der Waals surface area contributed by atoms with Gasteiger partial charge in [0.2, 0.25) is 10.0 Å². The van der Waals surface area contributed by atoms with Gasteiger partial charge in [-0.2, -0.15) is 4.72 Å². The molecule has 0 amide bonds. The molecule has 0 radical (unpaired) electrons. The van der Waals surface area contributed by atoms with E-state index in [2.05, 4.69) is 4.72 Å². The van der Waals surface area contributed by atoms with E-state index in [0.29, 0.717) is 0 Å². The highest BCUT2D eigenvalue weighted by molar-refractivity contribution is 7.89. The van der Waals surface area contributed by atoms with Gasteiger partial charge in [-0.05, 0) is 36.8 Å². The van der Waals surface area contributed by atoms with E-state index in [0.717, 1.165) is 19.8 Å². The fraction of sp³-hybridized carbons (Fsp3) is 0.348. The molecule has 1 aliphatic rings. The number of nitrogens with one attached hydrogen (secondary N) is 1. The van der Waals surface area contributed by atoms with Crippen molar-refractivity contribution in [2.24, 2.45) is 5.92 Å². The number of sulfonamides is 1. The zero-order chi connectivity index (χ0) is 25.2. The number of hydrogen-bond acceptors (Lipinski definition) is 9. The molecule has 0 aliphatic heterocycles. The van der Waals surface area contributed by atoms with E-state index in [1.54, 1.807) is 19.1 Å². The summed E-state index contributed by atoms with van der Waals surface area (Å²) in [5, 5.41) is 0. The summed E-state index contributed by atoms with van der Waals surface area (Å²) < 4.78 is 48.8. The van der Waals surface area contributed by atoms with Crippen LogP contribution >= 0.6 is 0 Å². The molecule has 2 aromatic rings. The summed E-state index contributed by atoms with van der Waals surface area (Å²) in [6.07, 6.45) is 0. The normalized spacial score (nSPS) is 17.3. The van der Waals surface area contributed by atoms with Crippen LogP contribution in [0.5, 0.6) is 11.5 Å². The van der Waals surface area contributed by atoms with Crippen molar-refractivity contribution in [3.63, 3.8) is 0 Å². The highest BCUT2D eigenvalue weighted by Gasteiger charge is 2.52. The molecule has 10 nitrogen and oxygen atoms in total. The van der Waals surface area contributed by atoms with Crippen LogP contribution in [0.2, 0.25) is 0 Å². The minimum atomic E-state index is -4.21. The van der Waals surface area contributed by atoms with E-state index >= 15 is 0 Å². The summed E-state index contributed by atoms with van der Waals surface area (Å²) in [5.41, 5.74) is 1.15. The Labute approximate surface area is 197 Å². The second kappa shape index (κ2) is 9.82. The smallest absolute Gasteiger partial charge is 0.320 e. The Morgan fingerprint density at radius 3 is 1.94 bits per heavy atom. The van der Waals surface area contributed by atoms with Crippen LogP contribution in [0.25, 0.3) is 0 Å². The zero-order valence-electron chi connectivity index (χ0n) is 19.3. The Balaban J connectivity index is 2.19. The molecule has 2 aromatic carbocycles. The van der Waals surface area contributed by atoms with Crippen molar-refractivity contribution >= 4 is 27.7 Å². The zero-order valence-corrected chi connectivity index (χ0v) is 20.1. The molecule has 0 saturated heterocycles. The molecule has 0 heterocycles. The number of carbonyl (C=O) groups is 3. The van der Waals surface area contributed by atoms with E-state index in [1.165, 1.54) is 38.5 Å². The summed E-state index contributed by atoms with van der Waals surface area (Å²) in [4.78, 5) is 38.6. The molecule has 1 N–H and O–H groups in total. The Morgan fingerprint density at radius 2 is 1.44 bits per heavy atom. The molecule has 11 heteroatoms. The Bertz CT molecular complexity index is 1210. The van der Waals surface area contributed by atoms with Gasteiger partial charge >= 0.3 is 11.9 Å². The van der Waals surface area contributed by atoms with E-state index in [-0.39, 0.29) is 27.5 Å². The monoisotopic (exact) mass is 491 g/mol. The van der Waals surface area contributed by atoms with Gasteiger partial charge in [-0.1, -0.05) is 17.7 Å². The Kier molecular flexibility index (Phi) is 7.27. The Hall–Kier alpha value is -3.44. The number of carbonyl (C=O) groups excluding carboxylic acids is 3. The lowest BCUT2D eigenvalue weighted by Gasteiger charge is -2.26. The molecule has 0 fully saturated rings. The predicted octanol–water partition coefficient (Wildman–Crippen LogP) is 1.60. The molecule has 0 saturated carbocycles. The maximum Gasteiger partial charge on any atom is 0.320 e. The van der Waals surface area contributed by atoms with Crippen LogP contribution in [0.3, 0.4) is 0 Å². The first-order chi connectivity index (χ1) is 16.1. The van der Waals surface area contributed by atoms with E-state index < -0.39 is 45.6 Å². The van der Waals surface area contributed by atoms with Gasteiger partial charge in [-0.15, -0.1) is 0 Å². The molecule has 2 atom stereocenters. The highest BCUT2D eigenvalue weighted by atomic mass is 32.2. The van der Waals surface area contributed by atoms with E-state index in [4.69, 9.17) is 18.9 Å². The molecule has 1 aliphatic carbocycles. The van der Waals surface area contributed by atoms with Crippen LogP contribution in [0.4, 0.5) is 0 Å². The topological polar surface area (TPSA) is 134 Å². The number of fused-ring (bicyclic) bond motifs is 1. The predicted molar refractivity (Wildman–Crippen MR) is 119 cm³/mol. The number of ketones is 1. The molecular formula is C23H25NO9S. The van der Waals surface area contributed by atoms with Crippen molar-refractivity contribution in [3.05, 3.63) is 53.1 Å². The molecular weight excluding hydrogens is 466 g/mol. The number of Topliss-reactive ketones (excluding diaryl/α,β-unsaturated/α-hetero) is 1. The number of ether oxygens (including phenoxy) is 4. The summed E-state index contributed by atoms with van der Waals surface area (Å²) in [5.74, 6) is -5.03. The minimum Gasteiger partial charge on any atom is -0.493 e. The Morgan fingerprint density at radius 1 is 0.912 bits per heavy atom. The van der Waals surface area contributed by atoms with Crippen molar-refractivity contribution in [2.45, 2.75) is 23.8 Å². The quantitative estimate of drug-likeness (QED) is 0.432. The second-order valence-corrected chi connectivity index (χ2v) is 9.33. The summed E-state index contributed by atoms with van der Waals surface area (Å²) in [6, 6.07) is 7.33. The lowest BCUT2D eigenvalue weighted by molar-refractivity contribution is -0.160. The van der Waals surface area contributed by atoms with Crippen LogP contribution in [-0.2, 0) is 29.1 Å². The van der Waals surface area contributed by atoms with Crippen molar-refractivity contribution in [1.29, 1.82) is 0 Å². The lowest BCUT2D eigenvalue weighted by Crippen LogP contribution is -2.46. The highest BCUT2D eigenvalue weighted by Crippen LogP contribution is 2.45. The van der Waals surface area contributed by atoms with Gasteiger partial charge in [0.1, 0.15) is 0 Å². The number of methoxy groups -OCH3 is 4. The van der Waals surface area contributed by atoms with Crippen molar-refractivity contribution in [3.8, 4) is 11.5 Å². The lowest BCUT2D eigenvalue weighted by atomic mass is 9.84. The fourth-order valence-corrected chi connectivity index (χ4v) is 5.21. The molecule has 182 valence electrons. The molecule has 0 bridgehead atoms. The third-order valence-electron chi connectivity index (χ3n) is 5.70. The number of esters is 2. The van der Waals surface area contributed by atoms with Crippen LogP contribution < -0.4 is 14.2 Å². The number of aryl methyl sites for hydroxylation is 1. The summed E-state index contributed by atoms with van der Waals surface area (Å²) >= 11 is 0. The fourth-order valence-electron chi connectivity index (χ4n) is 3.99. The molecule has 34 heavy (non-hydrogen) atoms. The van der Waals surface area contributed by atoms with Crippen molar-refractivity contribution < 1.29 is 41.7 Å². The number of hydrogen-bond donors (Lipinski definition) is 1. The van der Waals surface area contributed by atoms with Crippen LogP contribution in [-0.4, -0.2) is 60.6 Å². The standard InChI is InChI=1S/C23H25NO9S/c1-12-6-8-13(9-7-12)34(28,29)24-20-18(19(22(26)32-4)23(27)33-5)14-10-16(30-2)17(31-3)11-15(14)21(20)25/h6-11,18-20,24H,1-5H3/t18-,20-/m1/s1. The molecule has 3 rings (SSSR count). The van der Waals surface area contributed by atoms with Crippen molar-refractivity contribution in [1.82, 2.24) is 4.72 Å². The second-order valence-electron chi connectivity index (χ2n) is 7.62. The van der Waals surface area contributed by atoms with Gasteiger partial charge in [0.15, 0.2) is 23.2 Å². The maximum absolute atomic E-state index is 13.4. The van der Waals surface area contributed by atoms with Crippen LogP contribution in [0, 0.1) is 12.8 Å². The van der Waals surface area contributed by atoms with Gasteiger partial charge in [-0.3, -0.25) is 14.4 Å². The first-order valence-electron chi connectivity index (χ1n) is 10.1. The number of benzene rings is 2. The van der Waals surface area contributed by atoms with Crippen LogP contribution in [0.1, 0.15) is 27.4 Å². The largest absolute Gasteiger partial charge is 0.493 e. The van der Waals surface area contributed by atoms with Gasteiger partial charge < -0.3 is 18.9 Å². The molecule has 0 aromatic heterocycles. The van der Waals surface area contributed by atoms with Gasteiger partial charge in [0, 0.05) is 11.5 Å². The average molecular weight is 492 g/mol. The minimum absolute atomic E-state index is 0.0801. The van der Waals surface area contributed by atoms with E-state index in [1.807, 2.05) is 0 Å². The molecule has 0 unspecified atom stereocenters. The van der Waals surface area contributed by atoms with Gasteiger partial charge in [-0.25, -0.2) is 8.42 Å².